The average Bonchev–Trinajstić information content (AvgIpc) is 2.52. The van der Waals surface area contributed by atoms with Crippen molar-refractivity contribution in [2.45, 2.75) is 31.7 Å². The van der Waals surface area contributed by atoms with Crippen molar-refractivity contribution in [3.05, 3.63) is 48.6 Å². The van der Waals surface area contributed by atoms with Crippen molar-refractivity contribution in [2.75, 3.05) is 14.2 Å². The number of aryl methyl sites for hydroxylation is 1. The summed E-state index contributed by atoms with van der Waals surface area (Å²) in [7, 11) is 3.11. The second-order valence-electron chi connectivity index (χ2n) is 4.78. The minimum atomic E-state index is -0.788. The van der Waals surface area contributed by atoms with E-state index in [4.69, 9.17) is 9.47 Å². The lowest BCUT2D eigenvalue weighted by atomic mass is 9.97. The molecule has 114 valence electrons. The number of hydrogen-bond donors (Lipinski definition) is 1. The van der Waals surface area contributed by atoms with Crippen LogP contribution in [0.5, 0.6) is 0 Å². The van der Waals surface area contributed by atoms with E-state index < -0.39 is 12.4 Å². The Balaban J connectivity index is 2.54. The first-order valence-electron chi connectivity index (χ1n) is 7.09. The van der Waals surface area contributed by atoms with Crippen molar-refractivity contribution in [1.29, 1.82) is 0 Å². The summed E-state index contributed by atoms with van der Waals surface area (Å²) in [6.07, 6.45) is 2.65. The Morgan fingerprint density at radius 1 is 1.24 bits per heavy atom. The zero-order valence-electron chi connectivity index (χ0n) is 12.8. The van der Waals surface area contributed by atoms with E-state index in [1.165, 1.54) is 5.56 Å². The van der Waals surface area contributed by atoms with Crippen molar-refractivity contribution in [3.63, 3.8) is 0 Å². The topological polar surface area (TPSA) is 38.7 Å². The summed E-state index contributed by atoms with van der Waals surface area (Å²) >= 11 is 0. The highest BCUT2D eigenvalue weighted by molar-refractivity contribution is 5.17. The van der Waals surface area contributed by atoms with E-state index in [1.807, 2.05) is 18.2 Å². The number of ether oxygens (including phenoxy) is 2. The Labute approximate surface area is 127 Å². The molecule has 0 aliphatic carbocycles. The lowest BCUT2D eigenvalue weighted by Gasteiger charge is -2.25. The van der Waals surface area contributed by atoms with E-state index in [2.05, 4.69) is 30.6 Å². The fraction of sp³-hybridized carbons (Fsp3) is 0.444. The summed E-state index contributed by atoms with van der Waals surface area (Å²) in [5, 5.41) is 10.2. The Bertz CT molecular complexity index is 454. The summed E-state index contributed by atoms with van der Waals surface area (Å²) in [6.45, 7) is 3.70. The van der Waals surface area contributed by atoms with Crippen LogP contribution in [0, 0.1) is 17.8 Å². The third-order valence-electron chi connectivity index (χ3n) is 3.29. The fourth-order valence-electron chi connectivity index (χ4n) is 2.16. The predicted octanol–water partition coefficient (Wildman–Crippen LogP) is 2.79. The van der Waals surface area contributed by atoms with Crippen molar-refractivity contribution >= 4 is 0 Å². The predicted molar refractivity (Wildman–Crippen MR) is 84.7 cm³/mol. The molecule has 1 N–H and O–H groups in total. The number of aliphatic hydroxyl groups is 1. The van der Waals surface area contributed by atoms with E-state index in [1.54, 1.807) is 20.3 Å². The third kappa shape index (κ3) is 6.14. The first-order valence-corrected chi connectivity index (χ1v) is 7.09. The molecule has 0 saturated carbocycles. The number of hydrogen-bond acceptors (Lipinski definition) is 3. The molecular weight excluding hydrogens is 264 g/mol. The Hall–Kier alpha value is -1.60. The van der Waals surface area contributed by atoms with Gasteiger partial charge in [0.2, 0.25) is 0 Å². The van der Waals surface area contributed by atoms with Gasteiger partial charge in [-0.25, -0.2) is 0 Å². The van der Waals surface area contributed by atoms with Crippen LogP contribution in [0.1, 0.15) is 18.4 Å². The second-order valence-corrected chi connectivity index (χ2v) is 4.78. The monoisotopic (exact) mass is 288 g/mol. The molecule has 0 heterocycles. The molecule has 0 bridgehead atoms. The number of benzene rings is 1. The summed E-state index contributed by atoms with van der Waals surface area (Å²) in [4.78, 5) is 0. The highest BCUT2D eigenvalue weighted by Gasteiger charge is 2.26. The molecule has 0 aromatic heterocycles. The first-order chi connectivity index (χ1) is 10.2. The molecule has 21 heavy (non-hydrogen) atoms. The van der Waals surface area contributed by atoms with Gasteiger partial charge in [0.25, 0.3) is 0 Å². The highest BCUT2D eigenvalue weighted by Crippen LogP contribution is 2.18. The Kier molecular flexibility index (Phi) is 8.45. The summed E-state index contributed by atoms with van der Waals surface area (Å²) in [5.41, 5.74) is 1.25. The van der Waals surface area contributed by atoms with Gasteiger partial charge in [0.1, 0.15) is 6.10 Å². The van der Waals surface area contributed by atoms with E-state index in [-0.39, 0.29) is 5.92 Å². The van der Waals surface area contributed by atoms with Gasteiger partial charge in [-0.2, -0.15) is 0 Å². The van der Waals surface area contributed by atoms with Crippen molar-refractivity contribution in [2.24, 2.45) is 5.92 Å². The van der Waals surface area contributed by atoms with Crippen molar-refractivity contribution < 1.29 is 14.6 Å². The van der Waals surface area contributed by atoms with Crippen LogP contribution in [0.4, 0.5) is 0 Å². The molecule has 1 rings (SSSR count). The maximum absolute atomic E-state index is 10.2. The Morgan fingerprint density at radius 3 is 2.48 bits per heavy atom. The molecule has 3 nitrogen and oxygen atoms in total. The van der Waals surface area contributed by atoms with Crippen LogP contribution in [0.15, 0.2) is 43.0 Å². The van der Waals surface area contributed by atoms with Gasteiger partial charge in [-0.05, 0) is 18.4 Å². The zero-order chi connectivity index (χ0) is 15.5. The first kappa shape index (κ1) is 17.5. The van der Waals surface area contributed by atoms with E-state index in [9.17, 15) is 5.11 Å². The lowest BCUT2D eigenvalue weighted by Crippen LogP contribution is -2.33. The molecule has 0 fully saturated rings. The van der Waals surface area contributed by atoms with Gasteiger partial charge in [-0.1, -0.05) is 42.3 Å². The van der Waals surface area contributed by atoms with Crippen LogP contribution in [0.3, 0.4) is 0 Å². The molecular formula is C18H24O3. The maximum atomic E-state index is 10.2. The summed E-state index contributed by atoms with van der Waals surface area (Å²) in [6, 6.07) is 10.2. The minimum Gasteiger partial charge on any atom is -0.380 e. The third-order valence-corrected chi connectivity index (χ3v) is 3.29. The van der Waals surface area contributed by atoms with Gasteiger partial charge >= 0.3 is 0 Å². The van der Waals surface area contributed by atoms with E-state index in [0.717, 1.165) is 6.42 Å². The van der Waals surface area contributed by atoms with Crippen LogP contribution in [0.25, 0.3) is 0 Å². The van der Waals surface area contributed by atoms with Crippen LogP contribution in [-0.4, -0.2) is 31.7 Å². The number of rotatable bonds is 8. The molecule has 1 aromatic rings. The highest BCUT2D eigenvalue weighted by atomic mass is 16.7. The van der Waals surface area contributed by atoms with Gasteiger partial charge in [-0.15, -0.1) is 12.5 Å². The normalized spacial score (nSPS) is 13.3. The molecule has 0 spiro atoms. The van der Waals surface area contributed by atoms with Crippen LogP contribution in [0.2, 0.25) is 0 Å². The van der Waals surface area contributed by atoms with Gasteiger partial charge in [0, 0.05) is 20.6 Å². The fourth-order valence-corrected chi connectivity index (χ4v) is 2.16. The number of allylic oxidation sites excluding steroid dienone is 1. The van der Waals surface area contributed by atoms with Crippen molar-refractivity contribution in [1.82, 2.24) is 0 Å². The van der Waals surface area contributed by atoms with Crippen molar-refractivity contribution in [3.8, 4) is 11.8 Å². The molecule has 3 heteroatoms. The van der Waals surface area contributed by atoms with Crippen LogP contribution in [-0.2, 0) is 15.9 Å². The smallest absolute Gasteiger partial charge is 0.163 e. The van der Waals surface area contributed by atoms with Crippen LogP contribution >= 0.6 is 0 Å². The van der Waals surface area contributed by atoms with Gasteiger partial charge in [-0.3, -0.25) is 0 Å². The molecule has 0 saturated heterocycles. The number of methoxy groups -OCH3 is 2. The van der Waals surface area contributed by atoms with Crippen LogP contribution < -0.4 is 0 Å². The molecule has 0 aliphatic heterocycles. The van der Waals surface area contributed by atoms with Gasteiger partial charge < -0.3 is 14.6 Å². The zero-order valence-corrected chi connectivity index (χ0v) is 12.8. The van der Waals surface area contributed by atoms with E-state index in [0.29, 0.717) is 12.8 Å². The summed E-state index contributed by atoms with van der Waals surface area (Å²) < 4.78 is 10.4. The SMILES string of the molecule is C=CC[C@@H](C(OC)OC)[C@H](O)C#CCCc1ccccc1. The maximum Gasteiger partial charge on any atom is 0.163 e. The Morgan fingerprint density at radius 2 is 1.90 bits per heavy atom. The summed E-state index contributed by atoms with van der Waals surface area (Å²) in [5.74, 6) is 5.68. The molecule has 0 aliphatic rings. The van der Waals surface area contributed by atoms with Gasteiger partial charge in [0.05, 0.1) is 5.92 Å². The minimum absolute atomic E-state index is 0.235. The lowest BCUT2D eigenvalue weighted by molar-refractivity contribution is -0.152. The molecule has 1 aromatic carbocycles. The molecule has 0 unspecified atom stereocenters. The average molecular weight is 288 g/mol. The largest absolute Gasteiger partial charge is 0.380 e. The van der Waals surface area contributed by atoms with E-state index >= 15 is 0 Å². The standard InChI is InChI=1S/C18H24O3/c1-4-10-16(18(20-2)21-3)17(19)14-9-8-13-15-11-6-5-7-12-15/h4-7,11-12,16-19H,1,8,10,13H2,2-3H3/t16-,17-/m1/s1. The molecule has 0 radical (unpaired) electrons. The second kappa shape index (κ2) is 10.2. The quantitative estimate of drug-likeness (QED) is 0.454. The van der Waals surface area contributed by atoms with Gasteiger partial charge in [0.15, 0.2) is 6.29 Å². The number of aliphatic hydroxyl groups excluding tert-OH is 1. The molecule has 2 atom stereocenters. The molecule has 0 amide bonds.